The van der Waals surface area contributed by atoms with Crippen molar-refractivity contribution in [1.82, 2.24) is 10.2 Å². The van der Waals surface area contributed by atoms with E-state index in [0.29, 0.717) is 26.2 Å². The Labute approximate surface area is 108 Å². The van der Waals surface area contributed by atoms with Crippen molar-refractivity contribution in [3.05, 3.63) is 47.6 Å². The first-order valence-electron chi connectivity index (χ1n) is 5.96. The minimum atomic E-state index is -1.39. The number of piperazine rings is 1. The van der Waals surface area contributed by atoms with Crippen LogP contribution in [0.4, 0.5) is 17.6 Å². The molecule has 0 radical (unpaired) electrons. The van der Waals surface area contributed by atoms with Crippen molar-refractivity contribution in [2.75, 3.05) is 26.2 Å². The van der Waals surface area contributed by atoms with E-state index in [1.54, 1.807) is 4.90 Å². The van der Waals surface area contributed by atoms with E-state index in [1.807, 2.05) is 0 Å². The van der Waals surface area contributed by atoms with Gasteiger partial charge in [-0.2, -0.15) is 0 Å². The van der Waals surface area contributed by atoms with Crippen LogP contribution >= 0.6 is 0 Å². The molecule has 1 aliphatic heterocycles. The SMILES string of the molecule is C=C[C@@H](c1c(F)c(F)cc(F)c1F)N1CCNCC1. The molecule has 1 saturated heterocycles. The maximum absolute atomic E-state index is 13.8. The summed E-state index contributed by atoms with van der Waals surface area (Å²) >= 11 is 0. The molecule has 1 atom stereocenters. The van der Waals surface area contributed by atoms with Crippen LogP contribution in [0.5, 0.6) is 0 Å². The molecule has 0 aliphatic carbocycles. The van der Waals surface area contributed by atoms with Crippen molar-refractivity contribution in [3.8, 4) is 0 Å². The third-order valence-electron chi connectivity index (χ3n) is 3.21. The molecule has 1 aromatic carbocycles. The van der Waals surface area contributed by atoms with Gasteiger partial charge in [-0.15, -0.1) is 6.58 Å². The zero-order valence-electron chi connectivity index (χ0n) is 10.2. The van der Waals surface area contributed by atoms with Gasteiger partial charge < -0.3 is 5.32 Å². The van der Waals surface area contributed by atoms with Gasteiger partial charge in [-0.3, -0.25) is 4.90 Å². The average Bonchev–Trinajstić information content (AvgIpc) is 2.42. The van der Waals surface area contributed by atoms with Crippen LogP contribution in [0.25, 0.3) is 0 Å². The molecule has 104 valence electrons. The summed E-state index contributed by atoms with van der Waals surface area (Å²) in [6, 6.07) is -0.668. The molecule has 2 nitrogen and oxygen atoms in total. The molecule has 1 aromatic rings. The van der Waals surface area contributed by atoms with Gasteiger partial charge in [-0.1, -0.05) is 6.08 Å². The van der Waals surface area contributed by atoms with E-state index >= 15 is 0 Å². The van der Waals surface area contributed by atoms with Gasteiger partial charge in [-0.05, 0) is 0 Å². The van der Waals surface area contributed by atoms with Gasteiger partial charge >= 0.3 is 0 Å². The molecule has 0 amide bonds. The summed E-state index contributed by atoms with van der Waals surface area (Å²) in [5.74, 6) is -5.50. The number of hydrogen-bond donors (Lipinski definition) is 1. The normalized spacial score (nSPS) is 18.3. The Kier molecular flexibility index (Phi) is 4.21. The molecular weight excluding hydrogens is 260 g/mol. The van der Waals surface area contributed by atoms with Crippen LogP contribution < -0.4 is 5.32 Å². The summed E-state index contributed by atoms with van der Waals surface area (Å²) in [7, 11) is 0. The number of nitrogens with one attached hydrogen (secondary N) is 1. The Morgan fingerprint density at radius 1 is 1.11 bits per heavy atom. The quantitative estimate of drug-likeness (QED) is 0.517. The van der Waals surface area contributed by atoms with Crippen LogP contribution in [0.2, 0.25) is 0 Å². The number of hydrogen-bond acceptors (Lipinski definition) is 2. The van der Waals surface area contributed by atoms with Crippen molar-refractivity contribution >= 4 is 0 Å². The minimum Gasteiger partial charge on any atom is -0.314 e. The van der Waals surface area contributed by atoms with Crippen LogP contribution in [0.15, 0.2) is 18.7 Å². The van der Waals surface area contributed by atoms with E-state index in [-0.39, 0.29) is 6.07 Å². The van der Waals surface area contributed by atoms with E-state index < -0.39 is 34.9 Å². The molecule has 0 unspecified atom stereocenters. The Bertz CT molecular complexity index is 458. The summed E-state index contributed by atoms with van der Waals surface area (Å²) in [6.07, 6.45) is 1.30. The highest BCUT2D eigenvalue weighted by molar-refractivity contribution is 5.28. The topological polar surface area (TPSA) is 15.3 Å². The van der Waals surface area contributed by atoms with Crippen LogP contribution in [0.3, 0.4) is 0 Å². The molecule has 0 aromatic heterocycles. The van der Waals surface area contributed by atoms with Crippen LogP contribution in [-0.2, 0) is 0 Å². The minimum absolute atomic E-state index is 0.214. The molecule has 2 rings (SSSR count). The van der Waals surface area contributed by atoms with E-state index in [0.717, 1.165) is 0 Å². The molecule has 0 saturated carbocycles. The molecule has 0 bridgehead atoms. The van der Waals surface area contributed by atoms with Crippen molar-refractivity contribution in [2.24, 2.45) is 0 Å². The maximum Gasteiger partial charge on any atom is 0.167 e. The fourth-order valence-electron chi connectivity index (χ4n) is 2.26. The average molecular weight is 274 g/mol. The third kappa shape index (κ3) is 2.64. The zero-order chi connectivity index (χ0) is 14.0. The lowest BCUT2D eigenvalue weighted by atomic mass is 10.0. The first-order valence-corrected chi connectivity index (χ1v) is 5.96. The van der Waals surface area contributed by atoms with Crippen molar-refractivity contribution in [3.63, 3.8) is 0 Å². The van der Waals surface area contributed by atoms with Gasteiger partial charge in [0, 0.05) is 32.2 Å². The summed E-state index contributed by atoms with van der Waals surface area (Å²) in [5.41, 5.74) is -0.616. The van der Waals surface area contributed by atoms with Gasteiger partial charge in [0.05, 0.1) is 11.6 Å². The predicted molar refractivity (Wildman–Crippen MR) is 63.7 cm³/mol. The molecule has 1 aliphatic rings. The lowest BCUT2D eigenvalue weighted by Crippen LogP contribution is -2.45. The van der Waals surface area contributed by atoms with Crippen LogP contribution in [-0.4, -0.2) is 31.1 Å². The Morgan fingerprint density at radius 3 is 2.11 bits per heavy atom. The van der Waals surface area contributed by atoms with Gasteiger partial charge in [-0.25, -0.2) is 17.6 Å². The fourth-order valence-corrected chi connectivity index (χ4v) is 2.26. The lowest BCUT2D eigenvalue weighted by Gasteiger charge is -2.33. The molecule has 1 fully saturated rings. The van der Waals surface area contributed by atoms with Crippen LogP contribution in [0, 0.1) is 23.3 Å². The Hall–Kier alpha value is -1.40. The number of benzene rings is 1. The standard InChI is InChI=1S/C13H14F4N2/c1-2-10(19-5-3-18-4-6-19)11-12(16)8(14)7-9(15)13(11)17/h2,7,10,18H,1,3-6H2/t10-/m0/s1. The van der Waals surface area contributed by atoms with Gasteiger partial charge in [0.1, 0.15) is 0 Å². The molecule has 6 heteroatoms. The van der Waals surface area contributed by atoms with E-state index in [1.165, 1.54) is 6.08 Å². The van der Waals surface area contributed by atoms with Gasteiger partial charge in [0.2, 0.25) is 0 Å². The summed E-state index contributed by atoms with van der Waals surface area (Å²) in [5, 5.41) is 3.09. The number of nitrogens with zero attached hydrogens (tertiary/aromatic N) is 1. The first kappa shape index (κ1) is 14.0. The second-order valence-corrected chi connectivity index (χ2v) is 4.35. The Balaban J connectivity index is 2.45. The fraction of sp³-hybridized carbons (Fsp3) is 0.385. The van der Waals surface area contributed by atoms with E-state index in [4.69, 9.17) is 0 Å². The van der Waals surface area contributed by atoms with Crippen molar-refractivity contribution in [2.45, 2.75) is 6.04 Å². The van der Waals surface area contributed by atoms with Gasteiger partial charge in [0.25, 0.3) is 0 Å². The lowest BCUT2D eigenvalue weighted by molar-refractivity contribution is 0.195. The summed E-state index contributed by atoms with van der Waals surface area (Å²) < 4.78 is 54.0. The number of halogens is 4. The highest BCUT2D eigenvalue weighted by Gasteiger charge is 2.29. The molecule has 1 heterocycles. The van der Waals surface area contributed by atoms with Gasteiger partial charge in [0.15, 0.2) is 23.3 Å². The molecular formula is C13H14F4N2. The van der Waals surface area contributed by atoms with Crippen molar-refractivity contribution in [1.29, 1.82) is 0 Å². The second kappa shape index (κ2) is 5.71. The summed E-state index contributed by atoms with van der Waals surface area (Å²) in [6.45, 7) is 5.85. The highest BCUT2D eigenvalue weighted by Crippen LogP contribution is 2.30. The monoisotopic (exact) mass is 274 g/mol. The van der Waals surface area contributed by atoms with Crippen LogP contribution in [0.1, 0.15) is 11.6 Å². The molecule has 1 N–H and O–H groups in total. The van der Waals surface area contributed by atoms with E-state index in [2.05, 4.69) is 11.9 Å². The smallest absolute Gasteiger partial charge is 0.167 e. The van der Waals surface area contributed by atoms with E-state index in [9.17, 15) is 17.6 Å². The van der Waals surface area contributed by atoms with Crippen molar-refractivity contribution < 1.29 is 17.6 Å². The Morgan fingerprint density at radius 2 is 1.63 bits per heavy atom. The third-order valence-corrected chi connectivity index (χ3v) is 3.21. The molecule has 0 spiro atoms. The summed E-state index contributed by atoms with van der Waals surface area (Å²) in [4.78, 5) is 1.73. The highest BCUT2D eigenvalue weighted by atomic mass is 19.2. The zero-order valence-corrected chi connectivity index (χ0v) is 10.2. The maximum atomic E-state index is 13.8. The first-order chi connectivity index (χ1) is 9.06. The number of rotatable bonds is 3. The molecule has 19 heavy (non-hydrogen) atoms. The predicted octanol–water partition coefficient (Wildman–Crippen LogP) is 2.38. The second-order valence-electron chi connectivity index (χ2n) is 4.35. The largest absolute Gasteiger partial charge is 0.314 e.